The topological polar surface area (TPSA) is 46.0 Å². The Bertz CT molecular complexity index is 2750. The van der Waals surface area contributed by atoms with Gasteiger partial charge in [-0.05, 0) is 63.4 Å². The quantitative estimate of drug-likeness (QED) is 0.192. The van der Waals surface area contributed by atoms with E-state index in [0.717, 1.165) is 69.4 Å². The van der Waals surface area contributed by atoms with Gasteiger partial charge in [-0.3, -0.25) is 0 Å². The zero-order chi connectivity index (χ0) is 37.1. The summed E-state index contributed by atoms with van der Waals surface area (Å²) >= 11 is 0. The minimum absolute atomic E-state index is 0.231. The van der Waals surface area contributed by atoms with Crippen LogP contribution in [0.3, 0.4) is 0 Å². The number of fused-ring (bicyclic) bond motifs is 9. The van der Waals surface area contributed by atoms with Crippen molar-refractivity contribution in [1.82, 2.24) is 5.32 Å². The smallest absolute Gasteiger partial charge is 0.159 e. The fourth-order valence-corrected chi connectivity index (χ4v) is 9.09. The van der Waals surface area contributed by atoms with Gasteiger partial charge in [-0.25, -0.2) is 9.98 Å². The maximum absolute atomic E-state index is 6.94. The molecule has 11 rings (SSSR count). The summed E-state index contributed by atoms with van der Waals surface area (Å²) < 4.78 is 6.94. The van der Waals surface area contributed by atoms with Crippen LogP contribution < -0.4 is 10.1 Å². The van der Waals surface area contributed by atoms with Crippen molar-refractivity contribution in [3.63, 3.8) is 0 Å². The third kappa shape index (κ3) is 5.06. The Hall–Kier alpha value is -7.04. The van der Waals surface area contributed by atoms with Gasteiger partial charge in [0.1, 0.15) is 23.5 Å². The van der Waals surface area contributed by atoms with Crippen molar-refractivity contribution >= 4 is 11.7 Å². The Morgan fingerprint density at radius 3 is 1.82 bits per heavy atom. The van der Waals surface area contributed by atoms with Crippen LogP contribution in [-0.2, 0) is 5.41 Å². The number of aliphatic imine (C=N–C) groups is 2. The summed E-state index contributed by atoms with van der Waals surface area (Å²) in [5.41, 5.74) is 14.6. The lowest BCUT2D eigenvalue weighted by Gasteiger charge is -2.40. The molecule has 7 aromatic carbocycles. The first-order chi connectivity index (χ1) is 27.8. The van der Waals surface area contributed by atoms with E-state index in [4.69, 9.17) is 14.7 Å². The maximum atomic E-state index is 6.94. The predicted molar refractivity (Wildman–Crippen MR) is 228 cm³/mol. The van der Waals surface area contributed by atoms with Gasteiger partial charge in [0.05, 0.1) is 5.41 Å². The Morgan fingerprint density at radius 1 is 0.500 bits per heavy atom. The molecular formula is C52H37N3O. The zero-order valence-electron chi connectivity index (χ0n) is 30.7. The highest BCUT2D eigenvalue weighted by Gasteiger charge is 2.51. The number of rotatable bonds is 5. The molecule has 2 heterocycles. The van der Waals surface area contributed by atoms with E-state index >= 15 is 0 Å². The Morgan fingerprint density at radius 2 is 1.09 bits per heavy atom. The molecule has 0 bridgehead atoms. The summed E-state index contributed by atoms with van der Waals surface area (Å²) in [5, 5.41) is 3.67. The summed E-state index contributed by atoms with van der Waals surface area (Å²) in [5.74, 6) is 3.30. The summed E-state index contributed by atoms with van der Waals surface area (Å²) in [6.45, 7) is 0. The van der Waals surface area contributed by atoms with Crippen molar-refractivity contribution in [2.75, 3.05) is 0 Å². The van der Waals surface area contributed by atoms with E-state index < -0.39 is 5.41 Å². The number of nitrogens with one attached hydrogen (secondary N) is 1. The molecule has 4 aliphatic rings. The number of ether oxygens (including phenoxy) is 1. The number of benzene rings is 7. The molecule has 1 spiro atoms. The Balaban J connectivity index is 0.993. The summed E-state index contributed by atoms with van der Waals surface area (Å²) in [6, 6.07) is 60.6. The van der Waals surface area contributed by atoms with E-state index in [1.165, 1.54) is 38.9 Å². The third-order valence-electron chi connectivity index (χ3n) is 11.7. The molecule has 2 aliphatic heterocycles. The molecular weight excluding hydrogens is 683 g/mol. The van der Waals surface area contributed by atoms with Gasteiger partial charge in [-0.15, -0.1) is 0 Å². The van der Waals surface area contributed by atoms with Crippen LogP contribution in [0, 0.1) is 0 Å². The first-order valence-corrected chi connectivity index (χ1v) is 19.4. The van der Waals surface area contributed by atoms with Crippen molar-refractivity contribution in [1.29, 1.82) is 0 Å². The molecule has 266 valence electrons. The second-order valence-corrected chi connectivity index (χ2v) is 14.8. The van der Waals surface area contributed by atoms with Gasteiger partial charge in [0, 0.05) is 27.8 Å². The molecule has 4 heteroatoms. The minimum Gasteiger partial charge on any atom is -0.456 e. The van der Waals surface area contributed by atoms with Gasteiger partial charge < -0.3 is 10.1 Å². The van der Waals surface area contributed by atoms with Crippen molar-refractivity contribution in [2.45, 2.75) is 24.4 Å². The Labute approximate surface area is 326 Å². The van der Waals surface area contributed by atoms with Crippen LogP contribution in [0.4, 0.5) is 0 Å². The number of amidine groups is 2. The van der Waals surface area contributed by atoms with Crippen LogP contribution in [-0.4, -0.2) is 17.8 Å². The van der Waals surface area contributed by atoms with Gasteiger partial charge in [-0.1, -0.05) is 182 Å². The average Bonchev–Trinajstić information content (AvgIpc) is 3.57. The number of nitrogens with zero attached hydrogens (tertiary/aromatic N) is 2. The van der Waals surface area contributed by atoms with Gasteiger partial charge in [-0.2, -0.15) is 0 Å². The largest absolute Gasteiger partial charge is 0.456 e. The lowest BCUT2D eigenvalue weighted by molar-refractivity contribution is 0.438. The van der Waals surface area contributed by atoms with Crippen LogP contribution in [0.2, 0.25) is 0 Å². The van der Waals surface area contributed by atoms with Crippen LogP contribution >= 0.6 is 0 Å². The minimum atomic E-state index is -0.500. The molecule has 1 unspecified atom stereocenters. The molecule has 4 nitrogen and oxygen atoms in total. The monoisotopic (exact) mass is 719 g/mol. The lowest BCUT2D eigenvalue weighted by atomic mass is 9.65. The van der Waals surface area contributed by atoms with Gasteiger partial charge in [0.25, 0.3) is 0 Å². The highest BCUT2D eigenvalue weighted by molar-refractivity contribution is 6.13. The standard InChI is InChI=1S/C52H37N3O/c1-3-14-34(15-4-1)35-26-30-38(31-27-35)50-53-49(37-16-5-2-6-17-37)54-51(55-50)39-32-28-36(29-33-39)40-20-13-24-46-48(40)56-47-25-12-11-23-45(47)52(46)43-21-9-7-18-41(43)42-19-8-10-22-44(42)52/h1,3-5,7-33,49H,2,6H2,(H,53,54,55). The summed E-state index contributed by atoms with van der Waals surface area (Å²) in [4.78, 5) is 10.3. The molecule has 0 saturated heterocycles. The first kappa shape index (κ1) is 32.4. The van der Waals surface area contributed by atoms with Crippen molar-refractivity contribution in [3.8, 4) is 44.9 Å². The molecule has 0 fully saturated rings. The van der Waals surface area contributed by atoms with E-state index in [0.29, 0.717) is 0 Å². The van der Waals surface area contributed by atoms with E-state index in [2.05, 4.69) is 187 Å². The Kier molecular flexibility index (Phi) is 7.56. The van der Waals surface area contributed by atoms with E-state index in [-0.39, 0.29) is 6.17 Å². The molecule has 0 aromatic heterocycles. The predicted octanol–water partition coefficient (Wildman–Crippen LogP) is 11.9. The van der Waals surface area contributed by atoms with Gasteiger partial charge >= 0.3 is 0 Å². The van der Waals surface area contributed by atoms with E-state index in [1.807, 2.05) is 6.07 Å². The molecule has 56 heavy (non-hydrogen) atoms. The SMILES string of the molecule is C1=CC(C2N=C(c3ccc(-c4ccccc4)cc3)N=C(c3ccc(-c4cccc5c4Oc4ccccc4C54c5ccccc5-c5ccccc54)cc3)N2)=CCC1. The molecule has 1 N–H and O–H groups in total. The lowest BCUT2D eigenvalue weighted by Crippen LogP contribution is -2.40. The molecule has 1 atom stereocenters. The number of hydrogen-bond acceptors (Lipinski definition) is 4. The average molecular weight is 720 g/mol. The number of hydrogen-bond donors (Lipinski definition) is 1. The molecule has 0 saturated carbocycles. The fraction of sp³-hybridized carbons (Fsp3) is 0.0769. The molecule has 2 aliphatic carbocycles. The third-order valence-corrected chi connectivity index (χ3v) is 11.7. The van der Waals surface area contributed by atoms with Crippen LogP contribution in [0.1, 0.15) is 46.2 Å². The molecule has 7 aromatic rings. The van der Waals surface area contributed by atoms with Crippen LogP contribution in [0.15, 0.2) is 204 Å². The van der Waals surface area contributed by atoms with Gasteiger partial charge in [0.2, 0.25) is 0 Å². The molecule has 0 radical (unpaired) electrons. The van der Waals surface area contributed by atoms with Crippen molar-refractivity contribution in [2.24, 2.45) is 9.98 Å². The highest BCUT2D eigenvalue weighted by atomic mass is 16.5. The first-order valence-electron chi connectivity index (χ1n) is 19.4. The van der Waals surface area contributed by atoms with E-state index in [1.54, 1.807) is 0 Å². The zero-order valence-corrected chi connectivity index (χ0v) is 30.7. The van der Waals surface area contributed by atoms with Crippen LogP contribution in [0.5, 0.6) is 11.5 Å². The van der Waals surface area contributed by atoms with E-state index in [9.17, 15) is 0 Å². The van der Waals surface area contributed by atoms with Crippen LogP contribution in [0.25, 0.3) is 33.4 Å². The normalized spacial score (nSPS) is 16.9. The summed E-state index contributed by atoms with van der Waals surface area (Å²) in [6.07, 6.45) is 8.54. The number of allylic oxidation sites excluding steroid dienone is 2. The second kappa shape index (κ2) is 13.1. The second-order valence-electron chi connectivity index (χ2n) is 14.8. The van der Waals surface area contributed by atoms with Gasteiger partial charge in [0.15, 0.2) is 5.84 Å². The summed E-state index contributed by atoms with van der Waals surface area (Å²) in [7, 11) is 0. The maximum Gasteiger partial charge on any atom is 0.159 e. The highest BCUT2D eigenvalue weighted by Crippen LogP contribution is 2.63. The molecule has 0 amide bonds. The van der Waals surface area contributed by atoms with Crippen molar-refractivity contribution < 1.29 is 4.74 Å². The fourth-order valence-electron chi connectivity index (χ4n) is 9.09. The van der Waals surface area contributed by atoms with Crippen molar-refractivity contribution in [3.05, 3.63) is 227 Å². The number of para-hydroxylation sites is 2.